The van der Waals surface area contributed by atoms with Crippen LogP contribution in [0.1, 0.15) is 10.4 Å². The summed E-state index contributed by atoms with van der Waals surface area (Å²) in [5, 5.41) is 22.0. The number of carbonyl (C=O) groups excluding carboxylic acids is 1. The molecule has 0 unspecified atom stereocenters. The Bertz CT molecular complexity index is 875. The molecule has 1 amide bonds. The van der Waals surface area contributed by atoms with Gasteiger partial charge in [0, 0.05) is 44.0 Å². The second-order valence-electron chi connectivity index (χ2n) is 6.23. The second-order valence-corrected chi connectivity index (χ2v) is 6.23. The van der Waals surface area contributed by atoms with Crippen molar-refractivity contribution >= 4 is 23.0 Å². The third-order valence-electron chi connectivity index (χ3n) is 4.58. The molecule has 3 rings (SSSR count). The molecular weight excluding hydrogens is 368 g/mol. The maximum atomic E-state index is 12.7. The number of piperazine rings is 1. The third-order valence-corrected chi connectivity index (χ3v) is 4.58. The molecule has 2 aromatic rings. The van der Waals surface area contributed by atoms with E-state index < -0.39 is 27.1 Å². The number of ether oxygens (including phenoxy) is 1. The summed E-state index contributed by atoms with van der Waals surface area (Å²) in [6.45, 7) is 1.97. The van der Waals surface area contributed by atoms with Crippen LogP contribution in [0, 0.1) is 20.2 Å². The lowest BCUT2D eigenvalue weighted by atomic mass is 10.1. The van der Waals surface area contributed by atoms with Gasteiger partial charge in [-0.05, 0) is 24.3 Å². The third kappa shape index (κ3) is 4.00. The summed E-state index contributed by atoms with van der Waals surface area (Å²) >= 11 is 0. The van der Waals surface area contributed by atoms with Gasteiger partial charge in [-0.3, -0.25) is 25.0 Å². The molecule has 0 aromatic heterocycles. The zero-order valence-electron chi connectivity index (χ0n) is 15.1. The van der Waals surface area contributed by atoms with Crippen molar-refractivity contribution in [2.75, 3.05) is 38.2 Å². The quantitative estimate of drug-likeness (QED) is 0.572. The summed E-state index contributed by atoms with van der Waals surface area (Å²) in [6.07, 6.45) is 0. The van der Waals surface area contributed by atoms with Gasteiger partial charge in [-0.15, -0.1) is 0 Å². The maximum absolute atomic E-state index is 12.7. The summed E-state index contributed by atoms with van der Waals surface area (Å²) in [4.78, 5) is 36.9. The first kappa shape index (κ1) is 19.1. The van der Waals surface area contributed by atoms with E-state index in [-0.39, 0.29) is 5.56 Å². The van der Waals surface area contributed by atoms with Gasteiger partial charge < -0.3 is 14.5 Å². The highest BCUT2D eigenvalue weighted by molar-refractivity contribution is 5.95. The Balaban J connectivity index is 1.72. The van der Waals surface area contributed by atoms with Gasteiger partial charge in [-0.1, -0.05) is 0 Å². The monoisotopic (exact) mass is 386 g/mol. The van der Waals surface area contributed by atoms with Crippen molar-refractivity contribution in [3.05, 3.63) is 68.3 Å². The molecule has 0 saturated carbocycles. The van der Waals surface area contributed by atoms with Gasteiger partial charge >= 0.3 is 0 Å². The molecule has 0 radical (unpaired) electrons. The molecule has 10 heteroatoms. The van der Waals surface area contributed by atoms with Crippen LogP contribution in [0.2, 0.25) is 0 Å². The summed E-state index contributed by atoms with van der Waals surface area (Å²) in [7, 11) is 1.59. The molecular formula is C18H18N4O6. The number of amides is 1. The molecule has 0 aliphatic carbocycles. The number of methoxy groups -OCH3 is 1. The number of hydrogen-bond donors (Lipinski definition) is 0. The molecule has 1 fully saturated rings. The molecule has 28 heavy (non-hydrogen) atoms. The molecule has 1 aliphatic rings. The minimum absolute atomic E-state index is 0.0567. The summed E-state index contributed by atoms with van der Waals surface area (Å²) in [5.74, 6) is 0.297. The van der Waals surface area contributed by atoms with E-state index >= 15 is 0 Å². The van der Waals surface area contributed by atoms with E-state index in [0.29, 0.717) is 26.2 Å². The largest absolute Gasteiger partial charge is 0.497 e. The van der Waals surface area contributed by atoms with Gasteiger partial charge in [0.2, 0.25) is 0 Å². The Kier molecular flexibility index (Phi) is 5.39. The average molecular weight is 386 g/mol. The van der Waals surface area contributed by atoms with E-state index in [1.807, 2.05) is 24.3 Å². The summed E-state index contributed by atoms with van der Waals surface area (Å²) in [6, 6.07) is 10.6. The maximum Gasteiger partial charge on any atom is 0.277 e. The Hall–Kier alpha value is -3.69. The van der Waals surface area contributed by atoms with E-state index in [4.69, 9.17) is 4.74 Å². The van der Waals surface area contributed by atoms with Crippen molar-refractivity contribution in [2.24, 2.45) is 0 Å². The van der Waals surface area contributed by atoms with Crippen molar-refractivity contribution in [3.8, 4) is 5.75 Å². The fourth-order valence-corrected chi connectivity index (χ4v) is 3.07. The van der Waals surface area contributed by atoms with E-state index in [1.165, 1.54) is 0 Å². The van der Waals surface area contributed by atoms with E-state index in [1.54, 1.807) is 12.0 Å². The van der Waals surface area contributed by atoms with E-state index in [9.17, 15) is 25.0 Å². The molecule has 0 atom stereocenters. The molecule has 2 aromatic carbocycles. The smallest absolute Gasteiger partial charge is 0.277 e. The normalized spacial score (nSPS) is 13.9. The Morgan fingerprint density at radius 2 is 1.46 bits per heavy atom. The van der Waals surface area contributed by atoms with Crippen molar-refractivity contribution in [2.45, 2.75) is 0 Å². The standard InChI is InChI=1S/C18H18N4O6/c1-28-17-4-2-14(3-5-17)19-6-8-20(9-7-19)18(23)13-10-15(21(24)25)12-16(11-13)22(26)27/h2-5,10-12H,6-9H2,1H3. The minimum Gasteiger partial charge on any atom is -0.497 e. The number of non-ortho nitro benzene ring substituents is 2. The summed E-state index contributed by atoms with van der Waals surface area (Å²) < 4.78 is 5.14. The van der Waals surface area contributed by atoms with Crippen molar-refractivity contribution in [3.63, 3.8) is 0 Å². The fourth-order valence-electron chi connectivity index (χ4n) is 3.07. The number of benzene rings is 2. The highest BCUT2D eigenvalue weighted by Crippen LogP contribution is 2.25. The van der Waals surface area contributed by atoms with Crippen LogP contribution in [0.15, 0.2) is 42.5 Å². The van der Waals surface area contributed by atoms with Crippen molar-refractivity contribution in [1.82, 2.24) is 4.90 Å². The molecule has 1 saturated heterocycles. The molecule has 0 N–H and O–H groups in total. The van der Waals surface area contributed by atoms with Gasteiger partial charge in [0.25, 0.3) is 17.3 Å². The van der Waals surface area contributed by atoms with Gasteiger partial charge in [-0.2, -0.15) is 0 Å². The van der Waals surface area contributed by atoms with Crippen LogP contribution in [-0.2, 0) is 0 Å². The van der Waals surface area contributed by atoms with Crippen LogP contribution in [-0.4, -0.2) is 53.9 Å². The zero-order chi connectivity index (χ0) is 20.3. The number of nitro benzene ring substituents is 2. The predicted octanol–water partition coefficient (Wildman–Crippen LogP) is 2.47. The first-order chi connectivity index (χ1) is 13.4. The zero-order valence-corrected chi connectivity index (χ0v) is 15.1. The first-order valence-electron chi connectivity index (χ1n) is 8.51. The Morgan fingerprint density at radius 1 is 0.929 bits per heavy atom. The van der Waals surface area contributed by atoms with Gasteiger partial charge in [-0.25, -0.2) is 0 Å². The minimum atomic E-state index is -0.745. The molecule has 0 spiro atoms. The van der Waals surface area contributed by atoms with Crippen molar-refractivity contribution < 1.29 is 19.4 Å². The Morgan fingerprint density at radius 3 is 1.93 bits per heavy atom. The van der Waals surface area contributed by atoms with Crippen LogP contribution in [0.3, 0.4) is 0 Å². The van der Waals surface area contributed by atoms with E-state index in [2.05, 4.69) is 4.90 Å². The lowest BCUT2D eigenvalue weighted by Crippen LogP contribution is -2.48. The van der Waals surface area contributed by atoms with Gasteiger partial charge in [0.15, 0.2) is 0 Å². The number of hydrogen-bond acceptors (Lipinski definition) is 7. The molecule has 0 bridgehead atoms. The summed E-state index contributed by atoms with van der Waals surface area (Å²) in [5.41, 5.74) is -0.0125. The van der Waals surface area contributed by atoms with Crippen molar-refractivity contribution in [1.29, 1.82) is 0 Å². The SMILES string of the molecule is COc1ccc(N2CCN(C(=O)c3cc([N+](=O)[O-])cc([N+](=O)[O-])c3)CC2)cc1. The molecule has 146 valence electrons. The van der Waals surface area contributed by atoms with Crippen LogP contribution < -0.4 is 9.64 Å². The molecule has 10 nitrogen and oxygen atoms in total. The average Bonchev–Trinajstić information content (AvgIpc) is 2.73. The van der Waals surface area contributed by atoms with Crippen LogP contribution in [0.25, 0.3) is 0 Å². The molecule has 1 aliphatic heterocycles. The van der Waals surface area contributed by atoms with E-state index in [0.717, 1.165) is 29.6 Å². The lowest BCUT2D eigenvalue weighted by Gasteiger charge is -2.36. The lowest BCUT2D eigenvalue weighted by molar-refractivity contribution is -0.394. The van der Waals surface area contributed by atoms with Gasteiger partial charge in [0.05, 0.1) is 28.6 Å². The fraction of sp³-hybridized carbons (Fsp3) is 0.278. The second kappa shape index (κ2) is 7.91. The highest BCUT2D eigenvalue weighted by atomic mass is 16.6. The number of anilines is 1. The number of nitrogens with zero attached hydrogens (tertiary/aromatic N) is 4. The number of carbonyl (C=O) groups is 1. The van der Waals surface area contributed by atoms with Gasteiger partial charge in [0.1, 0.15) is 5.75 Å². The van der Waals surface area contributed by atoms with Crippen LogP contribution >= 0.6 is 0 Å². The first-order valence-corrected chi connectivity index (χ1v) is 8.51. The number of rotatable bonds is 5. The van der Waals surface area contributed by atoms with Crippen LogP contribution in [0.5, 0.6) is 5.75 Å². The molecule has 1 heterocycles. The predicted molar refractivity (Wildman–Crippen MR) is 101 cm³/mol. The topological polar surface area (TPSA) is 119 Å². The Labute approximate surface area is 160 Å². The highest BCUT2D eigenvalue weighted by Gasteiger charge is 2.26. The number of nitro groups is 2. The van der Waals surface area contributed by atoms with Crippen LogP contribution in [0.4, 0.5) is 17.1 Å².